The Kier molecular flexibility index (Phi) is 4.38. The summed E-state index contributed by atoms with van der Waals surface area (Å²) < 4.78 is 0. The molecule has 0 bridgehead atoms. The molecule has 0 saturated heterocycles. The minimum Gasteiger partial charge on any atom is -0.0985 e. The van der Waals surface area contributed by atoms with Crippen LogP contribution in [-0.2, 0) is 0 Å². The summed E-state index contributed by atoms with van der Waals surface area (Å²) in [6, 6.07) is 0. The van der Waals surface area contributed by atoms with Gasteiger partial charge in [-0.05, 0) is 42.2 Å². The summed E-state index contributed by atoms with van der Waals surface area (Å²) >= 11 is 0. The molecule has 0 spiro atoms. The number of allylic oxidation sites excluding steroid dienone is 4. The zero-order valence-corrected chi connectivity index (χ0v) is 10.3. The van der Waals surface area contributed by atoms with E-state index in [4.69, 9.17) is 0 Å². The fourth-order valence-electron chi connectivity index (χ4n) is 2.41. The average Bonchev–Trinajstić information content (AvgIpc) is 2.25. The summed E-state index contributed by atoms with van der Waals surface area (Å²) in [5.74, 6) is 0. The van der Waals surface area contributed by atoms with Gasteiger partial charge >= 0.3 is 0 Å². The molecule has 0 fully saturated rings. The Morgan fingerprint density at radius 3 is 2.93 bits per heavy atom. The lowest BCUT2D eigenvalue weighted by Gasteiger charge is -2.34. The molecule has 0 heteroatoms. The van der Waals surface area contributed by atoms with Crippen molar-refractivity contribution >= 4 is 0 Å². The van der Waals surface area contributed by atoms with Gasteiger partial charge in [0.1, 0.15) is 0 Å². The molecule has 0 aromatic carbocycles. The maximum Gasteiger partial charge on any atom is -0.0222 e. The van der Waals surface area contributed by atoms with Crippen molar-refractivity contribution in [2.24, 2.45) is 5.41 Å². The highest BCUT2D eigenvalue weighted by atomic mass is 14.3. The molecule has 0 N–H and O–H groups in total. The molecule has 15 heavy (non-hydrogen) atoms. The van der Waals surface area contributed by atoms with Crippen molar-refractivity contribution in [3.05, 3.63) is 36.5 Å². The summed E-state index contributed by atoms with van der Waals surface area (Å²) in [5, 5.41) is 0. The van der Waals surface area contributed by atoms with Crippen LogP contribution in [0.5, 0.6) is 0 Å². The molecular formula is C15H24. The Balaban J connectivity index is 2.63. The smallest absolute Gasteiger partial charge is 0.0222 e. The van der Waals surface area contributed by atoms with Crippen LogP contribution in [0.4, 0.5) is 0 Å². The minimum atomic E-state index is 0.506. The molecule has 0 aromatic heterocycles. The lowest BCUT2D eigenvalue weighted by atomic mass is 9.71. The van der Waals surface area contributed by atoms with E-state index in [1.165, 1.54) is 44.1 Å². The van der Waals surface area contributed by atoms with Crippen LogP contribution in [-0.4, -0.2) is 0 Å². The number of hydrogen-bond donors (Lipinski definition) is 0. The van der Waals surface area contributed by atoms with Crippen LogP contribution in [0.15, 0.2) is 36.5 Å². The Morgan fingerprint density at radius 1 is 1.60 bits per heavy atom. The molecule has 0 saturated carbocycles. The van der Waals surface area contributed by atoms with E-state index >= 15 is 0 Å². The van der Waals surface area contributed by atoms with Gasteiger partial charge in [-0.2, -0.15) is 0 Å². The monoisotopic (exact) mass is 204 g/mol. The van der Waals surface area contributed by atoms with E-state index in [2.05, 4.69) is 33.1 Å². The second-order valence-corrected chi connectivity index (χ2v) is 5.09. The largest absolute Gasteiger partial charge is 0.0985 e. The highest BCUT2D eigenvalue weighted by molar-refractivity contribution is 5.38. The maximum absolute atomic E-state index is 4.06. The van der Waals surface area contributed by atoms with Crippen LogP contribution in [0.2, 0.25) is 0 Å². The van der Waals surface area contributed by atoms with Gasteiger partial charge in [0.05, 0.1) is 0 Å². The number of unbranched alkanes of at least 4 members (excludes halogenated alkanes) is 1. The van der Waals surface area contributed by atoms with Gasteiger partial charge in [0.25, 0.3) is 0 Å². The van der Waals surface area contributed by atoms with Crippen molar-refractivity contribution in [3.8, 4) is 0 Å². The van der Waals surface area contributed by atoms with Crippen LogP contribution >= 0.6 is 0 Å². The molecule has 1 rings (SSSR count). The fraction of sp³-hybridized carbons (Fsp3) is 0.600. The first kappa shape index (κ1) is 12.3. The Labute approximate surface area is 94.8 Å². The highest BCUT2D eigenvalue weighted by Gasteiger charge is 2.27. The van der Waals surface area contributed by atoms with Gasteiger partial charge in [-0.15, -0.1) is 0 Å². The van der Waals surface area contributed by atoms with Crippen molar-refractivity contribution in [2.45, 2.75) is 52.4 Å². The molecule has 0 aliphatic heterocycles. The lowest BCUT2D eigenvalue weighted by Crippen LogP contribution is -2.20. The predicted molar refractivity (Wildman–Crippen MR) is 68.9 cm³/mol. The van der Waals surface area contributed by atoms with Crippen LogP contribution in [0.1, 0.15) is 52.4 Å². The molecule has 84 valence electrons. The van der Waals surface area contributed by atoms with Crippen molar-refractivity contribution < 1.29 is 0 Å². The van der Waals surface area contributed by atoms with Crippen molar-refractivity contribution in [2.75, 3.05) is 0 Å². The third-order valence-electron chi connectivity index (χ3n) is 3.55. The molecule has 0 heterocycles. The molecule has 1 aliphatic carbocycles. The molecule has 0 amide bonds. The summed E-state index contributed by atoms with van der Waals surface area (Å²) in [4.78, 5) is 0. The van der Waals surface area contributed by atoms with Crippen LogP contribution in [0.3, 0.4) is 0 Å². The van der Waals surface area contributed by atoms with Crippen LogP contribution < -0.4 is 0 Å². The molecule has 0 nitrogen and oxygen atoms in total. The lowest BCUT2D eigenvalue weighted by molar-refractivity contribution is 0.254. The zero-order valence-electron chi connectivity index (χ0n) is 10.3. The van der Waals surface area contributed by atoms with E-state index in [0.717, 1.165) is 5.57 Å². The van der Waals surface area contributed by atoms with Crippen LogP contribution in [0.25, 0.3) is 0 Å². The van der Waals surface area contributed by atoms with E-state index in [0.29, 0.717) is 5.41 Å². The Hall–Kier alpha value is -0.780. The molecule has 0 radical (unpaired) electrons. The van der Waals surface area contributed by atoms with E-state index in [9.17, 15) is 0 Å². The normalized spacial score (nSPS) is 25.9. The van der Waals surface area contributed by atoms with E-state index in [1.807, 2.05) is 6.08 Å². The Bertz CT molecular complexity index is 270. The van der Waals surface area contributed by atoms with Crippen molar-refractivity contribution in [3.63, 3.8) is 0 Å². The minimum absolute atomic E-state index is 0.506. The van der Waals surface area contributed by atoms with Crippen LogP contribution in [0, 0.1) is 5.41 Å². The second kappa shape index (κ2) is 5.34. The highest BCUT2D eigenvalue weighted by Crippen LogP contribution is 2.41. The summed E-state index contributed by atoms with van der Waals surface area (Å²) in [5.41, 5.74) is 3.05. The molecule has 0 aromatic rings. The van der Waals surface area contributed by atoms with Gasteiger partial charge in [-0.3, -0.25) is 0 Å². The van der Waals surface area contributed by atoms with E-state index in [-0.39, 0.29) is 0 Å². The number of rotatable bonds is 5. The number of hydrogen-bond acceptors (Lipinski definition) is 0. The first-order valence-electron chi connectivity index (χ1n) is 6.12. The molecule has 1 unspecified atom stereocenters. The third kappa shape index (κ3) is 3.37. The molecule has 1 aliphatic rings. The van der Waals surface area contributed by atoms with Crippen molar-refractivity contribution in [1.82, 2.24) is 0 Å². The average molecular weight is 204 g/mol. The summed E-state index contributed by atoms with van der Waals surface area (Å²) in [6.45, 7) is 12.6. The summed E-state index contributed by atoms with van der Waals surface area (Å²) in [7, 11) is 0. The van der Waals surface area contributed by atoms with Gasteiger partial charge < -0.3 is 0 Å². The van der Waals surface area contributed by atoms with Gasteiger partial charge in [-0.1, -0.05) is 52.0 Å². The topological polar surface area (TPSA) is 0 Å². The predicted octanol–water partition coefficient (Wildman–Crippen LogP) is 5.04. The quantitative estimate of drug-likeness (QED) is 0.551. The Morgan fingerprint density at radius 2 is 2.33 bits per heavy atom. The SMILES string of the molecule is C=CC(=C)C1=CCCC(C)(CCCC)C1. The van der Waals surface area contributed by atoms with Crippen molar-refractivity contribution in [1.29, 1.82) is 0 Å². The molecule has 1 atom stereocenters. The first-order valence-corrected chi connectivity index (χ1v) is 6.12. The third-order valence-corrected chi connectivity index (χ3v) is 3.55. The maximum atomic E-state index is 4.06. The second-order valence-electron chi connectivity index (χ2n) is 5.09. The molecular weight excluding hydrogens is 180 g/mol. The fourth-order valence-corrected chi connectivity index (χ4v) is 2.41. The summed E-state index contributed by atoms with van der Waals surface area (Å²) in [6.07, 6.45) is 12.0. The van der Waals surface area contributed by atoms with Gasteiger partial charge in [0.15, 0.2) is 0 Å². The van der Waals surface area contributed by atoms with Gasteiger partial charge in [0, 0.05) is 0 Å². The standard InChI is InChI=1S/C15H24/c1-5-7-10-15(4)11-8-9-14(12-15)13(3)6-2/h6,9H,2-3,5,7-8,10-12H2,1,4H3. The first-order chi connectivity index (χ1) is 7.11. The van der Waals surface area contributed by atoms with E-state index < -0.39 is 0 Å². The van der Waals surface area contributed by atoms with E-state index in [1.54, 1.807) is 0 Å². The zero-order chi connectivity index (χ0) is 11.3. The van der Waals surface area contributed by atoms with Gasteiger partial charge in [0.2, 0.25) is 0 Å². The van der Waals surface area contributed by atoms with Gasteiger partial charge in [-0.25, -0.2) is 0 Å².